The smallest absolute Gasteiger partial charge is 0.303 e. The molecule has 3 N–H and O–H groups in total. The molecule has 8 heteroatoms. The first kappa shape index (κ1) is 16.1. The van der Waals surface area contributed by atoms with E-state index in [2.05, 4.69) is 15.4 Å². The molecule has 24 heavy (non-hydrogen) atoms. The summed E-state index contributed by atoms with van der Waals surface area (Å²) in [7, 11) is 0. The lowest BCUT2D eigenvalue weighted by Gasteiger charge is -2.16. The Bertz CT molecular complexity index is 714. The average molecular weight is 330 g/mol. The van der Waals surface area contributed by atoms with Crippen molar-refractivity contribution in [1.29, 1.82) is 0 Å². The number of carboxylic acids is 1. The molecule has 2 heterocycles. The lowest BCUT2D eigenvalue weighted by atomic mass is 9.91. The summed E-state index contributed by atoms with van der Waals surface area (Å²) >= 11 is 0. The van der Waals surface area contributed by atoms with E-state index in [1.54, 1.807) is 35.4 Å². The van der Waals surface area contributed by atoms with Gasteiger partial charge in [-0.2, -0.15) is 15.4 Å². The minimum absolute atomic E-state index is 0.0231. The van der Waals surface area contributed by atoms with Gasteiger partial charge in [0.15, 0.2) is 0 Å². The number of aromatic nitrogens is 3. The van der Waals surface area contributed by atoms with E-state index in [0.717, 1.165) is 5.56 Å². The fraction of sp³-hybridized carbons (Fsp3) is 0.375. The zero-order chi connectivity index (χ0) is 17.1. The number of amides is 1. The first-order valence-electron chi connectivity index (χ1n) is 7.65. The van der Waals surface area contributed by atoms with Crippen LogP contribution < -0.4 is 0 Å². The lowest BCUT2D eigenvalue weighted by Crippen LogP contribution is -2.29. The molecule has 1 aliphatic heterocycles. The Morgan fingerprint density at radius 2 is 2.00 bits per heavy atom. The highest BCUT2D eigenvalue weighted by Crippen LogP contribution is 2.34. The van der Waals surface area contributed by atoms with Gasteiger partial charge in [0.05, 0.1) is 24.9 Å². The molecule has 0 bridgehead atoms. The molecule has 2 aromatic rings. The molecule has 0 radical (unpaired) electrons. The van der Waals surface area contributed by atoms with Crippen LogP contribution in [0.2, 0.25) is 0 Å². The average Bonchev–Trinajstić information content (AvgIpc) is 3.23. The number of aliphatic hydroxyl groups excluding tert-OH is 1. The first-order valence-corrected chi connectivity index (χ1v) is 7.65. The lowest BCUT2D eigenvalue weighted by molar-refractivity contribution is -0.138. The molecular weight excluding hydrogens is 312 g/mol. The van der Waals surface area contributed by atoms with E-state index >= 15 is 0 Å². The van der Waals surface area contributed by atoms with Crippen LogP contribution in [0.15, 0.2) is 30.5 Å². The van der Waals surface area contributed by atoms with Crippen molar-refractivity contribution < 1.29 is 19.8 Å². The monoisotopic (exact) mass is 330 g/mol. The third-order valence-electron chi connectivity index (χ3n) is 4.36. The summed E-state index contributed by atoms with van der Waals surface area (Å²) in [5.41, 5.74) is 1.92. The molecule has 1 amide bonds. The van der Waals surface area contributed by atoms with Crippen molar-refractivity contribution in [3.63, 3.8) is 0 Å². The van der Waals surface area contributed by atoms with Gasteiger partial charge in [-0.15, -0.1) is 0 Å². The zero-order valence-corrected chi connectivity index (χ0v) is 12.9. The molecule has 1 aliphatic rings. The fourth-order valence-electron chi connectivity index (χ4n) is 3.13. The van der Waals surface area contributed by atoms with Crippen LogP contribution >= 0.6 is 0 Å². The van der Waals surface area contributed by atoms with Gasteiger partial charge in [0.2, 0.25) is 0 Å². The number of rotatable bonds is 5. The maximum absolute atomic E-state index is 12.7. The fourth-order valence-corrected chi connectivity index (χ4v) is 3.13. The number of aliphatic carboxylic acids is 1. The number of benzene rings is 1. The van der Waals surface area contributed by atoms with Gasteiger partial charge >= 0.3 is 5.97 Å². The zero-order valence-electron chi connectivity index (χ0n) is 12.9. The van der Waals surface area contributed by atoms with Gasteiger partial charge in [0, 0.05) is 24.6 Å². The number of nitrogens with zero attached hydrogens (tertiary/aromatic N) is 3. The standard InChI is InChI=1S/C16H18N4O4/c21-9-10-1-3-11(4-2-10)16(24)20-7-12(5-15(22)23)13(8-20)14-6-17-19-18-14/h1-4,6,12-13,21H,5,7-9H2,(H,22,23)(H,17,18,19)/t12-,13+/m0/s1. The highest BCUT2D eigenvalue weighted by molar-refractivity contribution is 5.94. The number of carboxylic acid groups (broad SMARTS) is 1. The van der Waals surface area contributed by atoms with Crippen molar-refractivity contribution in [2.45, 2.75) is 18.9 Å². The van der Waals surface area contributed by atoms with Gasteiger partial charge in [0.1, 0.15) is 0 Å². The first-order chi connectivity index (χ1) is 11.6. The SMILES string of the molecule is O=C(O)C[C@H]1CN(C(=O)c2ccc(CO)cc2)C[C@H]1c1cn[nH]n1. The Hall–Kier alpha value is -2.74. The number of likely N-dealkylation sites (tertiary alicyclic amines) is 1. The van der Waals surface area contributed by atoms with E-state index in [1.807, 2.05) is 0 Å². The second-order valence-corrected chi connectivity index (χ2v) is 5.92. The Balaban J connectivity index is 1.78. The quantitative estimate of drug-likeness (QED) is 0.739. The second kappa shape index (κ2) is 6.79. The van der Waals surface area contributed by atoms with Gasteiger partial charge in [-0.3, -0.25) is 9.59 Å². The highest BCUT2D eigenvalue weighted by Gasteiger charge is 2.38. The summed E-state index contributed by atoms with van der Waals surface area (Å²) in [5.74, 6) is -1.40. The van der Waals surface area contributed by atoms with Crippen molar-refractivity contribution in [3.8, 4) is 0 Å². The second-order valence-electron chi connectivity index (χ2n) is 5.92. The number of hydrogen-bond donors (Lipinski definition) is 3. The van der Waals surface area contributed by atoms with Gasteiger partial charge in [-0.05, 0) is 23.6 Å². The number of aromatic amines is 1. The van der Waals surface area contributed by atoms with E-state index in [-0.39, 0.29) is 30.8 Å². The maximum atomic E-state index is 12.7. The van der Waals surface area contributed by atoms with Crippen LogP contribution in [0.5, 0.6) is 0 Å². The third kappa shape index (κ3) is 3.28. The van der Waals surface area contributed by atoms with Crippen LogP contribution in [0, 0.1) is 5.92 Å². The molecule has 3 rings (SSSR count). The molecule has 0 aliphatic carbocycles. The van der Waals surface area contributed by atoms with E-state index in [4.69, 9.17) is 10.2 Å². The molecule has 2 atom stereocenters. The van der Waals surface area contributed by atoms with Crippen LogP contribution in [0.25, 0.3) is 0 Å². The van der Waals surface area contributed by atoms with Crippen molar-refractivity contribution in [2.24, 2.45) is 5.92 Å². The number of H-pyrrole nitrogens is 1. The molecular formula is C16H18N4O4. The van der Waals surface area contributed by atoms with E-state index in [0.29, 0.717) is 24.3 Å². The number of carbonyl (C=O) groups excluding carboxylic acids is 1. The number of nitrogens with one attached hydrogen (secondary N) is 1. The summed E-state index contributed by atoms with van der Waals surface area (Å²) in [6.45, 7) is 0.697. The maximum Gasteiger partial charge on any atom is 0.303 e. The van der Waals surface area contributed by atoms with Crippen molar-refractivity contribution in [3.05, 3.63) is 47.3 Å². The molecule has 1 fully saturated rings. The minimum Gasteiger partial charge on any atom is -0.481 e. The predicted octanol–water partition coefficient (Wildman–Crippen LogP) is 0.627. The molecule has 0 saturated carbocycles. The third-order valence-corrected chi connectivity index (χ3v) is 4.36. The number of aliphatic hydroxyl groups is 1. The van der Waals surface area contributed by atoms with Crippen LogP contribution in [-0.4, -0.2) is 55.5 Å². The van der Waals surface area contributed by atoms with E-state index in [9.17, 15) is 9.59 Å². The highest BCUT2D eigenvalue weighted by atomic mass is 16.4. The summed E-state index contributed by atoms with van der Waals surface area (Å²) in [6, 6.07) is 6.74. The molecule has 1 aromatic heterocycles. The van der Waals surface area contributed by atoms with Gasteiger partial charge in [-0.1, -0.05) is 12.1 Å². The predicted molar refractivity (Wildman–Crippen MR) is 83.1 cm³/mol. The molecule has 0 unspecified atom stereocenters. The van der Waals surface area contributed by atoms with Crippen molar-refractivity contribution in [2.75, 3.05) is 13.1 Å². The van der Waals surface area contributed by atoms with Crippen LogP contribution in [-0.2, 0) is 11.4 Å². The summed E-state index contributed by atoms with van der Waals surface area (Å²) < 4.78 is 0. The summed E-state index contributed by atoms with van der Waals surface area (Å²) in [4.78, 5) is 25.4. The van der Waals surface area contributed by atoms with Crippen molar-refractivity contribution >= 4 is 11.9 Å². The molecule has 1 aromatic carbocycles. The number of hydrogen-bond acceptors (Lipinski definition) is 5. The molecule has 126 valence electrons. The van der Waals surface area contributed by atoms with Crippen LogP contribution in [0.1, 0.15) is 34.0 Å². The summed E-state index contributed by atoms with van der Waals surface area (Å²) in [5, 5.41) is 28.6. The topological polar surface area (TPSA) is 119 Å². The normalized spacial score (nSPS) is 20.3. The van der Waals surface area contributed by atoms with Crippen LogP contribution in [0.4, 0.5) is 0 Å². The van der Waals surface area contributed by atoms with Gasteiger partial charge in [-0.25, -0.2) is 0 Å². The molecule has 0 spiro atoms. The summed E-state index contributed by atoms with van der Waals surface area (Å²) in [6.07, 6.45) is 1.55. The number of carbonyl (C=O) groups is 2. The molecule has 8 nitrogen and oxygen atoms in total. The Kier molecular flexibility index (Phi) is 4.57. The Labute approximate surface area is 138 Å². The van der Waals surface area contributed by atoms with E-state index < -0.39 is 5.97 Å². The van der Waals surface area contributed by atoms with Crippen LogP contribution in [0.3, 0.4) is 0 Å². The largest absolute Gasteiger partial charge is 0.481 e. The minimum atomic E-state index is -0.893. The Morgan fingerprint density at radius 3 is 2.58 bits per heavy atom. The Morgan fingerprint density at radius 1 is 1.25 bits per heavy atom. The van der Waals surface area contributed by atoms with Crippen molar-refractivity contribution in [1.82, 2.24) is 20.3 Å². The van der Waals surface area contributed by atoms with Gasteiger partial charge < -0.3 is 15.1 Å². The van der Waals surface area contributed by atoms with E-state index in [1.165, 1.54) is 0 Å². The molecule has 1 saturated heterocycles. The van der Waals surface area contributed by atoms with Gasteiger partial charge in [0.25, 0.3) is 5.91 Å².